The topological polar surface area (TPSA) is 93.7 Å². The first-order chi connectivity index (χ1) is 13.5. The largest absolute Gasteiger partial charge is 0.488 e. The first-order valence-corrected chi connectivity index (χ1v) is 8.79. The Bertz CT molecular complexity index is 908. The number of amides is 3. The zero-order valence-electron chi connectivity index (χ0n) is 15.3. The van der Waals surface area contributed by atoms with Crippen LogP contribution in [0.15, 0.2) is 60.2 Å². The molecule has 0 bridgehead atoms. The maximum atomic E-state index is 12.3. The molecule has 2 aromatic rings. The summed E-state index contributed by atoms with van der Waals surface area (Å²) < 4.78 is 10.7. The SMILES string of the molecule is CC(OC(=O)C1=Cc2ccccc2OC1)C(=O)NC(=O)NCc1ccccc1. The minimum Gasteiger partial charge on any atom is -0.488 e. The molecule has 0 saturated heterocycles. The number of carbonyl (C=O) groups is 3. The zero-order valence-corrected chi connectivity index (χ0v) is 15.3. The predicted molar refractivity (Wildman–Crippen MR) is 102 cm³/mol. The fraction of sp³-hybridized carbons (Fsp3) is 0.190. The Morgan fingerprint density at radius 1 is 1.07 bits per heavy atom. The van der Waals surface area contributed by atoms with Gasteiger partial charge < -0.3 is 14.8 Å². The van der Waals surface area contributed by atoms with Crippen molar-refractivity contribution >= 4 is 24.0 Å². The summed E-state index contributed by atoms with van der Waals surface area (Å²) in [5, 5.41) is 4.73. The molecule has 2 aromatic carbocycles. The summed E-state index contributed by atoms with van der Waals surface area (Å²) >= 11 is 0. The Morgan fingerprint density at radius 2 is 1.79 bits per heavy atom. The van der Waals surface area contributed by atoms with E-state index in [9.17, 15) is 14.4 Å². The summed E-state index contributed by atoms with van der Waals surface area (Å²) in [5.41, 5.74) is 1.96. The van der Waals surface area contributed by atoms with Gasteiger partial charge >= 0.3 is 12.0 Å². The van der Waals surface area contributed by atoms with Gasteiger partial charge in [-0.15, -0.1) is 0 Å². The first-order valence-electron chi connectivity index (χ1n) is 8.79. The lowest BCUT2D eigenvalue weighted by Crippen LogP contribution is -2.44. The summed E-state index contributed by atoms with van der Waals surface area (Å²) in [4.78, 5) is 36.2. The molecule has 0 aromatic heterocycles. The average molecular weight is 380 g/mol. The standard InChI is InChI=1S/C21H20N2O5/c1-14(19(24)23-21(26)22-12-15-7-3-2-4-8-15)28-20(25)17-11-16-9-5-6-10-18(16)27-13-17/h2-11,14H,12-13H2,1H3,(H2,22,23,24,26). The van der Waals surface area contributed by atoms with E-state index in [0.717, 1.165) is 11.1 Å². The van der Waals surface area contributed by atoms with Crippen LogP contribution >= 0.6 is 0 Å². The highest BCUT2D eigenvalue weighted by Crippen LogP contribution is 2.26. The van der Waals surface area contributed by atoms with E-state index in [1.54, 1.807) is 12.1 Å². The van der Waals surface area contributed by atoms with Gasteiger partial charge in [-0.2, -0.15) is 0 Å². The van der Waals surface area contributed by atoms with Crippen molar-refractivity contribution in [2.75, 3.05) is 6.61 Å². The van der Waals surface area contributed by atoms with Gasteiger partial charge in [0.15, 0.2) is 6.10 Å². The van der Waals surface area contributed by atoms with Gasteiger partial charge in [-0.05, 0) is 24.6 Å². The van der Waals surface area contributed by atoms with Gasteiger partial charge in [-0.3, -0.25) is 10.1 Å². The second kappa shape index (κ2) is 8.85. The molecule has 144 valence electrons. The number of para-hydroxylation sites is 1. The van der Waals surface area contributed by atoms with Gasteiger partial charge in [-0.1, -0.05) is 48.5 Å². The van der Waals surface area contributed by atoms with Crippen LogP contribution in [-0.4, -0.2) is 30.6 Å². The third-order valence-electron chi connectivity index (χ3n) is 4.08. The number of carbonyl (C=O) groups excluding carboxylic acids is 3. The van der Waals surface area contributed by atoms with Crippen LogP contribution in [0.2, 0.25) is 0 Å². The molecule has 0 spiro atoms. The molecule has 1 unspecified atom stereocenters. The molecule has 1 aliphatic heterocycles. The Labute approximate surface area is 162 Å². The highest BCUT2D eigenvalue weighted by molar-refractivity contribution is 6.00. The fourth-order valence-electron chi connectivity index (χ4n) is 2.56. The van der Waals surface area contributed by atoms with E-state index in [4.69, 9.17) is 9.47 Å². The summed E-state index contributed by atoms with van der Waals surface area (Å²) in [6.07, 6.45) is 0.534. The summed E-state index contributed by atoms with van der Waals surface area (Å²) in [6.45, 7) is 1.73. The number of rotatable bonds is 5. The van der Waals surface area contributed by atoms with Gasteiger partial charge in [0.2, 0.25) is 0 Å². The molecule has 7 nitrogen and oxygen atoms in total. The van der Waals surface area contributed by atoms with Gasteiger partial charge in [0.1, 0.15) is 12.4 Å². The number of hydrogen-bond acceptors (Lipinski definition) is 5. The van der Waals surface area contributed by atoms with Crippen molar-refractivity contribution in [1.29, 1.82) is 0 Å². The number of urea groups is 1. The third-order valence-corrected chi connectivity index (χ3v) is 4.08. The molecule has 28 heavy (non-hydrogen) atoms. The van der Waals surface area contributed by atoms with Crippen molar-refractivity contribution in [1.82, 2.24) is 10.6 Å². The van der Waals surface area contributed by atoms with Crippen molar-refractivity contribution in [3.8, 4) is 5.75 Å². The van der Waals surface area contributed by atoms with Crippen LogP contribution in [0.1, 0.15) is 18.1 Å². The number of esters is 1. The normalized spacial score (nSPS) is 13.2. The molecule has 0 saturated carbocycles. The van der Waals surface area contributed by atoms with Crippen LogP contribution in [0.4, 0.5) is 4.79 Å². The van der Waals surface area contributed by atoms with Crippen molar-refractivity contribution in [2.45, 2.75) is 19.6 Å². The Balaban J connectivity index is 1.49. The van der Waals surface area contributed by atoms with E-state index >= 15 is 0 Å². The molecule has 3 amide bonds. The van der Waals surface area contributed by atoms with Crippen LogP contribution in [0.25, 0.3) is 6.08 Å². The molecule has 1 heterocycles. The van der Waals surface area contributed by atoms with E-state index in [1.807, 2.05) is 48.5 Å². The number of imide groups is 1. The number of hydrogen-bond donors (Lipinski definition) is 2. The maximum absolute atomic E-state index is 12.3. The first kappa shape index (κ1) is 19.2. The second-order valence-electron chi connectivity index (χ2n) is 6.20. The summed E-state index contributed by atoms with van der Waals surface area (Å²) in [5.74, 6) is -0.696. The molecular weight excluding hydrogens is 360 g/mol. The number of fused-ring (bicyclic) bond motifs is 1. The molecule has 7 heteroatoms. The van der Waals surface area contributed by atoms with Gasteiger partial charge in [0.05, 0.1) is 5.57 Å². The van der Waals surface area contributed by atoms with E-state index in [-0.39, 0.29) is 13.2 Å². The number of nitrogens with one attached hydrogen (secondary N) is 2. The molecular formula is C21H20N2O5. The van der Waals surface area contributed by atoms with Gasteiger partial charge in [0, 0.05) is 12.1 Å². The molecule has 1 aliphatic rings. The molecule has 0 fully saturated rings. The van der Waals surface area contributed by atoms with Crippen molar-refractivity contribution in [2.24, 2.45) is 0 Å². The number of ether oxygens (including phenoxy) is 2. The summed E-state index contributed by atoms with van der Waals surface area (Å²) in [7, 11) is 0. The van der Waals surface area contributed by atoms with Crippen LogP contribution in [0, 0.1) is 0 Å². The minimum absolute atomic E-state index is 0.0573. The van der Waals surface area contributed by atoms with Crippen LogP contribution in [-0.2, 0) is 20.9 Å². The van der Waals surface area contributed by atoms with E-state index < -0.39 is 24.0 Å². The quantitative estimate of drug-likeness (QED) is 0.777. The predicted octanol–water partition coefficient (Wildman–Crippen LogP) is 2.42. The van der Waals surface area contributed by atoms with Crippen molar-refractivity contribution in [3.63, 3.8) is 0 Å². The van der Waals surface area contributed by atoms with E-state index in [1.165, 1.54) is 6.92 Å². The van der Waals surface area contributed by atoms with Gasteiger partial charge in [-0.25, -0.2) is 9.59 Å². The van der Waals surface area contributed by atoms with Crippen LogP contribution in [0.3, 0.4) is 0 Å². The molecule has 0 radical (unpaired) electrons. The van der Waals surface area contributed by atoms with Crippen molar-refractivity contribution in [3.05, 3.63) is 71.3 Å². The lowest BCUT2D eigenvalue weighted by atomic mass is 10.1. The average Bonchev–Trinajstić information content (AvgIpc) is 2.72. The van der Waals surface area contributed by atoms with Gasteiger partial charge in [0.25, 0.3) is 5.91 Å². The zero-order chi connectivity index (χ0) is 19.9. The fourth-order valence-corrected chi connectivity index (χ4v) is 2.56. The Hall–Kier alpha value is -3.61. The smallest absolute Gasteiger partial charge is 0.338 e. The van der Waals surface area contributed by atoms with E-state index in [2.05, 4.69) is 10.6 Å². The van der Waals surface area contributed by atoms with Crippen LogP contribution < -0.4 is 15.4 Å². The lowest BCUT2D eigenvalue weighted by Gasteiger charge is -2.18. The maximum Gasteiger partial charge on any atom is 0.338 e. The molecule has 3 rings (SSSR count). The molecule has 1 atom stereocenters. The monoisotopic (exact) mass is 380 g/mol. The summed E-state index contributed by atoms with van der Waals surface area (Å²) in [6, 6.07) is 15.9. The highest BCUT2D eigenvalue weighted by atomic mass is 16.6. The van der Waals surface area contributed by atoms with Crippen molar-refractivity contribution < 1.29 is 23.9 Å². The minimum atomic E-state index is -1.13. The Kier molecular flexibility index (Phi) is 6.06. The molecule has 2 N–H and O–H groups in total. The second-order valence-corrected chi connectivity index (χ2v) is 6.20. The van der Waals surface area contributed by atoms with Crippen LogP contribution in [0.5, 0.6) is 5.75 Å². The highest BCUT2D eigenvalue weighted by Gasteiger charge is 2.24. The Morgan fingerprint density at radius 3 is 2.57 bits per heavy atom. The molecule has 0 aliphatic carbocycles. The third kappa shape index (κ3) is 4.97. The lowest BCUT2D eigenvalue weighted by molar-refractivity contribution is -0.151. The number of benzene rings is 2. The van der Waals surface area contributed by atoms with E-state index in [0.29, 0.717) is 11.3 Å².